The largest absolute Gasteiger partial charge is 0.478 e. The molecule has 0 amide bonds. The van der Waals surface area contributed by atoms with Gasteiger partial charge in [0.25, 0.3) is 0 Å². The molecule has 33 heavy (non-hydrogen) atoms. The van der Waals surface area contributed by atoms with Crippen molar-refractivity contribution in [3.63, 3.8) is 0 Å². The van der Waals surface area contributed by atoms with Gasteiger partial charge in [-0.15, -0.1) is 0 Å². The fourth-order valence-electron chi connectivity index (χ4n) is 4.79. The Morgan fingerprint density at radius 2 is 1.73 bits per heavy atom. The molecule has 1 N–H and O–H groups in total. The van der Waals surface area contributed by atoms with Crippen molar-refractivity contribution in [2.45, 2.75) is 69.5 Å². The molecule has 0 radical (unpaired) electrons. The highest BCUT2D eigenvalue weighted by Gasteiger charge is 2.72. The molecule has 7 heteroatoms. The number of methoxy groups -OCH3 is 1. The first kappa shape index (κ1) is 25.1. The van der Waals surface area contributed by atoms with Gasteiger partial charge in [-0.3, -0.25) is 0 Å². The Morgan fingerprint density at radius 1 is 1.09 bits per heavy atom. The zero-order valence-corrected chi connectivity index (χ0v) is 19.7. The van der Waals surface area contributed by atoms with Gasteiger partial charge >= 0.3 is 11.9 Å². The van der Waals surface area contributed by atoms with Crippen LogP contribution in [0.4, 0.5) is 0 Å². The number of aliphatic carboxylic acids is 1. The molecule has 0 bridgehead atoms. The summed E-state index contributed by atoms with van der Waals surface area (Å²) in [5.41, 5.74) is 0.642. The standard InChI is InChI=1S/C26H34O7/c1-18(2)13-14-20-25(3,33-20)24-23(30-4)19(15-16-26(24)17-31-26)32-22(29)12-10-8-6-5-7-9-11-21(27)28/h5-13,19-20,23-24H,14-17H2,1-4H3,(H,27,28)/b7-5+,8-6+,11-9+,12-10+/t19-,20-,23-,24?,25+,26+/m1/s1. The number of carboxylic acid groups (broad SMARTS) is 1. The Morgan fingerprint density at radius 3 is 2.30 bits per heavy atom. The molecule has 0 aromatic rings. The highest BCUT2D eigenvalue weighted by Crippen LogP contribution is 2.59. The molecule has 7 nitrogen and oxygen atoms in total. The molecule has 1 unspecified atom stereocenters. The molecular formula is C26H34O7. The summed E-state index contributed by atoms with van der Waals surface area (Å²) in [5, 5.41) is 8.51. The molecule has 0 aromatic heterocycles. The summed E-state index contributed by atoms with van der Waals surface area (Å²) in [7, 11) is 1.65. The number of ether oxygens (including phenoxy) is 4. The lowest BCUT2D eigenvalue weighted by molar-refractivity contribution is -0.166. The minimum absolute atomic E-state index is 0.00928. The van der Waals surface area contributed by atoms with Crippen molar-refractivity contribution in [3.8, 4) is 0 Å². The molecule has 1 saturated carbocycles. The van der Waals surface area contributed by atoms with E-state index in [2.05, 4.69) is 26.8 Å². The SMILES string of the molecule is CO[C@H]1C([C@@]2(C)O[C@@H]2CC=C(C)C)[C@]2(CC[C@H]1OC(=O)/C=C/C=C/C=C/C=C/C(=O)O)CO2. The Bertz CT molecular complexity index is 873. The molecule has 2 saturated heterocycles. The van der Waals surface area contributed by atoms with Gasteiger partial charge in [0, 0.05) is 19.3 Å². The topological polar surface area (TPSA) is 97.9 Å². The second kappa shape index (κ2) is 10.6. The van der Waals surface area contributed by atoms with Crippen LogP contribution in [0.25, 0.3) is 0 Å². The normalized spacial score (nSPS) is 35.6. The molecule has 3 fully saturated rings. The van der Waals surface area contributed by atoms with Crippen LogP contribution < -0.4 is 0 Å². The lowest BCUT2D eigenvalue weighted by Crippen LogP contribution is -2.55. The van der Waals surface area contributed by atoms with Crippen LogP contribution in [-0.2, 0) is 28.5 Å². The molecular weight excluding hydrogens is 424 g/mol. The Balaban J connectivity index is 1.59. The number of rotatable bonds is 10. The Kier molecular flexibility index (Phi) is 8.10. The van der Waals surface area contributed by atoms with Gasteiger partial charge in [-0.2, -0.15) is 0 Å². The van der Waals surface area contributed by atoms with Gasteiger partial charge < -0.3 is 24.1 Å². The van der Waals surface area contributed by atoms with Crippen LogP contribution in [0.15, 0.2) is 60.3 Å². The lowest BCUT2D eigenvalue weighted by Gasteiger charge is -2.42. The van der Waals surface area contributed by atoms with Gasteiger partial charge in [-0.05, 0) is 40.0 Å². The first-order valence-electron chi connectivity index (χ1n) is 11.3. The fraction of sp³-hybridized carbons (Fsp3) is 0.538. The van der Waals surface area contributed by atoms with E-state index in [1.54, 1.807) is 37.5 Å². The summed E-state index contributed by atoms with van der Waals surface area (Å²) in [6, 6.07) is 0. The summed E-state index contributed by atoms with van der Waals surface area (Å²) in [4.78, 5) is 22.8. The first-order chi connectivity index (χ1) is 15.7. The van der Waals surface area contributed by atoms with Crippen molar-refractivity contribution >= 4 is 11.9 Å². The van der Waals surface area contributed by atoms with Crippen molar-refractivity contribution in [3.05, 3.63) is 60.3 Å². The van der Waals surface area contributed by atoms with E-state index >= 15 is 0 Å². The van der Waals surface area contributed by atoms with Gasteiger partial charge in [0.15, 0.2) is 0 Å². The van der Waals surface area contributed by atoms with Crippen LogP contribution in [0.1, 0.15) is 40.0 Å². The van der Waals surface area contributed by atoms with Crippen molar-refractivity contribution < 1.29 is 33.6 Å². The second-order valence-electron chi connectivity index (χ2n) is 9.18. The molecule has 0 aromatic carbocycles. The predicted octanol–water partition coefficient (Wildman–Crippen LogP) is 3.92. The molecule has 6 atom stereocenters. The van der Waals surface area contributed by atoms with E-state index in [0.717, 1.165) is 18.9 Å². The zero-order valence-electron chi connectivity index (χ0n) is 19.7. The molecule has 2 aliphatic heterocycles. The van der Waals surface area contributed by atoms with Crippen molar-refractivity contribution in [1.82, 2.24) is 0 Å². The second-order valence-corrected chi connectivity index (χ2v) is 9.18. The molecule has 1 aliphatic carbocycles. The van der Waals surface area contributed by atoms with Crippen molar-refractivity contribution in [2.75, 3.05) is 13.7 Å². The van der Waals surface area contributed by atoms with Crippen LogP contribution in [-0.4, -0.2) is 60.3 Å². The number of carbonyl (C=O) groups is 2. The van der Waals surface area contributed by atoms with Gasteiger partial charge in [-0.25, -0.2) is 9.59 Å². The number of carbonyl (C=O) groups excluding carboxylic acids is 1. The smallest absolute Gasteiger partial charge is 0.331 e. The summed E-state index contributed by atoms with van der Waals surface area (Å²) in [5.74, 6) is -1.45. The van der Waals surface area contributed by atoms with Crippen LogP contribution in [0.3, 0.4) is 0 Å². The third-order valence-electron chi connectivity index (χ3n) is 6.53. The maximum absolute atomic E-state index is 12.4. The Hall–Kier alpha value is -2.48. The predicted molar refractivity (Wildman–Crippen MR) is 124 cm³/mol. The van der Waals surface area contributed by atoms with Crippen molar-refractivity contribution in [1.29, 1.82) is 0 Å². The quantitative estimate of drug-likeness (QED) is 0.174. The molecule has 3 aliphatic rings. The molecule has 1 spiro atoms. The summed E-state index contributed by atoms with van der Waals surface area (Å²) < 4.78 is 23.8. The average Bonchev–Trinajstić information content (AvgIpc) is 3.67. The first-order valence-corrected chi connectivity index (χ1v) is 11.3. The molecule has 180 valence electrons. The van der Waals surface area contributed by atoms with Crippen LogP contribution >= 0.6 is 0 Å². The lowest BCUT2D eigenvalue weighted by atomic mass is 9.68. The van der Waals surface area contributed by atoms with Gasteiger partial charge in [0.2, 0.25) is 0 Å². The van der Waals surface area contributed by atoms with Crippen LogP contribution in [0.5, 0.6) is 0 Å². The molecule has 3 rings (SSSR count). The number of esters is 1. The number of hydrogen-bond donors (Lipinski definition) is 1. The summed E-state index contributed by atoms with van der Waals surface area (Å²) >= 11 is 0. The minimum atomic E-state index is -1.00. The maximum atomic E-state index is 12.4. The number of carboxylic acids is 1. The fourth-order valence-corrected chi connectivity index (χ4v) is 4.79. The van der Waals surface area contributed by atoms with E-state index in [1.807, 2.05) is 0 Å². The van der Waals surface area contributed by atoms with E-state index in [0.29, 0.717) is 13.0 Å². The van der Waals surface area contributed by atoms with Crippen LogP contribution in [0, 0.1) is 5.92 Å². The van der Waals surface area contributed by atoms with Gasteiger partial charge in [0.1, 0.15) is 23.4 Å². The highest BCUT2D eigenvalue weighted by molar-refractivity contribution is 5.82. The van der Waals surface area contributed by atoms with E-state index < -0.39 is 11.9 Å². The van der Waals surface area contributed by atoms with E-state index in [9.17, 15) is 9.59 Å². The maximum Gasteiger partial charge on any atom is 0.331 e. The van der Waals surface area contributed by atoms with E-state index in [4.69, 9.17) is 24.1 Å². The van der Waals surface area contributed by atoms with E-state index in [-0.39, 0.29) is 35.4 Å². The molecule has 2 heterocycles. The number of hydrogen-bond acceptors (Lipinski definition) is 6. The minimum Gasteiger partial charge on any atom is -0.478 e. The number of epoxide rings is 2. The average molecular weight is 459 g/mol. The van der Waals surface area contributed by atoms with Gasteiger partial charge in [-0.1, -0.05) is 48.1 Å². The third kappa shape index (κ3) is 6.31. The zero-order chi connectivity index (χ0) is 24.1. The summed E-state index contributed by atoms with van der Waals surface area (Å²) in [6.07, 6.45) is 16.0. The monoisotopic (exact) mass is 458 g/mol. The van der Waals surface area contributed by atoms with Gasteiger partial charge in [0.05, 0.1) is 18.6 Å². The number of allylic oxidation sites excluding steroid dienone is 7. The van der Waals surface area contributed by atoms with Crippen LogP contribution in [0.2, 0.25) is 0 Å². The Labute approximate surface area is 195 Å². The summed E-state index contributed by atoms with van der Waals surface area (Å²) in [6.45, 7) is 6.96. The van der Waals surface area contributed by atoms with E-state index in [1.165, 1.54) is 17.7 Å². The van der Waals surface area contributed by atoms with Crippen molar-refractivity contribution in [2.24, 2.45) is 5.92 Å². The third-order valence-corrected chi connectivity index (χ3v) is 6.53. The highest BCUT2D eigenvalue weighted by atomic mass is 16.6.